The molecule has 0 unspecified atom stereocenters. The van der Waals surface area contributed by atoms with E-state index in [4.69, 9.17) is 21.1 Å². The Morgan fingerprint density at radius 3 is 2.77 bits per heavy atom. The van der Waals surface area contributed by atoms with Crippen LogP contribution >= 0.6 is 27.5 Å². The van der Waals surface area contributed by atoms with Crippen molar-refractivity contribution >= 4 is 39.7 Å². The molecule has 0 saturated heterocycles. The fourth-order valence-electron chi connectivity index (χ4n) is 2.47. The average molecular weight is 493 g/mol. The van der Waals surface area contributed by atoms with Crippen molar-refractivity contribution in [2.24, 2.45) is 5.10 Å². The van der Waals surface area contributed by atoms with E-state index in [-0.39, 0.29) is 23.1 Å². The zero-order valence-electron chi connectivity index (χ0n) is 15.7. The van der Waals surface area contributed by atoms with Gasteiger partial charge in [-0.25, -0.2) is 14.8 Å². The van der Waals surface area contributed by atoms with Crippen molar-refractivity contribution < 1.29 is 18.7 Å². The molecule has 0 aliphatic carbocycles. The summed E-state index contributed by atoms with van der Waals surface area (Å²) < 4.78 is 24.9. The van der Waals surface area contributed by atoms with Crippen molar-refractivity contribution in [1.29, 1.82) is 0 Å². The van der Waals surface area contributed by atoms with E-state index in [1.54, 1.807) is 36.4 Å². The third kappa shape index (κ3) is 5.55. The van der Waals surface area contributed by atoms with Gasteiger partial charge in [-0.2, -0.15) is 5.10 Å². The summed E-state index contributed by atoms with van der Waals surface area (Å²) in [6.45, 7) is 0.241. The quantitative estimate of drug-likeness (QED) is 0.287. The number of hydrogen-bond acceptors (Lipinski definition) is 5. The second-order valence-electron chi connectivity index (χ2n) is 5.99. The van der Waals surface area contributed by atoms with Gasteiger partial charge in [-0.3, -0.25) is 4.79 Å². The highest BCUT2D eigenvalue weighted by Gasteiger charge is 2.12. The molecule has 6 nitrogen and oxygen atoms in total. The van der Waals surface area contributed by atoms with Crippen molar-refractivity contribution in [1.82, 2.24) is 10.4 Å². The second kappa shape index (κ2) is 10.2. The van der Waals surface area contributed by atoms with Crippen molar-refractivity contribution in [3.05, 3.63) is 86.9 Å². The molecule has 3 aromatic rings. The van der Waals surface area contributed by atoms with Gasteiger partial charge in [0.2, 0.25) is 0 Å². The molecule has 1 aromatic heterocycles. The van der Waals surface area contributed by atoms with E-state index < -0.39 is 5.91 Å². The van der Waals surface area contributed by atoms with E-state index in [0.717, 1.165) is 5.56 Å². The van der Waals surface area contributed by atoms with Crippen molar-refractivity contribution in [3.8, 4) is 11.5 Å². The molecule has 0 radical (unpaired) electrons. The fourth-order valence-corrected chi connectivity index (χ4v) is 3.25. The molecular formula is C21H16BrClFN3O3. The number of ether oxygens (including phenoxy) is 2. The van der Waals surface area contributed by atoms with Gasteiger partial charge in [0.05, 0.1) is 23.4 Å². The number of aromatic nitrogens is 1. The summed E-state index contributed by atoms with van der Waals surface area (Å²) >= 11 is 9.35. The summed E-state index contributed by atoms with van der Waals surface area (Å²) in [6.07, 6.45) is 2.95. The van der Waals surface area contributed by atoms with Gasteiger partial charge in [0, 0.05) is 6.20 Å². The molecule has 2 aromatic carbocycles. The predicted molar refractivity (Wildman–Crippen MR) is 116 cm³/mol. The molecule has 154 valence electrons. The molecule has 1 heterocycles. The summed E-state index contributed by atoms with van der Waals surface area (Å²) in [4.78, 5) is 16.0. The van der Waals surface area contributed by atoms with Crippen LogP contribution in [0.25, 0.3) is 0 Å². The van der Waals surface area contributed by atoms with Crippen LogP contribution < -0.4 is 14.9 Å². The molecule has 1 N–H and O–H groups in total. The predicted octanol–water partition coefficient (Wildman–Crippen LogP) is 4.99. The molecule has 9 heteroatoms. The number of benzene rings is 2. The first-order valence-electron chi connectivity index (χ1n) is 8.66. The first-order chi connectivity index (χ1) is 14.5. The van der Waals surface area contributed by atoms with Crippen LogP contribution in [0.5, 0.6) is 11.5 Å². The highest BCUT2D eigenvalue weighted by molar-refractivity contribution is 9.10. The highest BCUT2D eigenvalue weighted by Crippen LogP contribution is 2.36. The average Bonchev–Trinajstić information content (AvgIpc) is 2.74. The number of nitrogens with zero attached hydrogens (tertiary/aromatic N) is 2. The second-order valence-corrected chi connectivity index (χ2v) is 7.20. The number of carbonyl (C=O) groups is 1. The van der Waals surface area contributed by atoms with Crippen LogP contribution in [0.2, 0.25) is 5.15 Å². The lowest BCUT2D eigenvalue weighted by Crippen LogP contribution is -2.18. The number of halogens is 3. The number of rotatable bonds is 7. The lowest BCUT2D eigenvalue weighted by atomic mass is 10.2. The molecule has 0 atom stereocenters. The zero-order chi connectivity index (χ0) is 21.5. The van der Waals surface area contributed by atoms with E-state index in [2.05, 4.69) is 31.4 Å². The van der Waals surface area contributed by atoms with E-state index >= 15 is 0 Å². The minimum atomic E-state index is -0.477. The lowest BCUT2D eigenvalue weighted by molar-refractivity contribution is 0.0955. The normalized spacial score (nSPS) is 10.8. The van der Waals surface area contributed by atoms with Crippen LogP contribution in [-0.4, -0.2) is 24.2 Å². The maximum Gasteiger partial charge on any atom is 0.274 e. The molecular weight excluding hydrogens is 477 g/mol. The number of carbonyl (C=O) groups excluding carboxylic acids is 1. The third-order valence-corrected chi connectivity index (χ3v) is 4.82. The highest BCUT2D eigenvalue weighted by atomic mass is 79.9. The first-order valence-corrected chi connectivity index (χ1v) is 9.83. The minimum Gasteiger partial charge on any atom is -0.493 e. The number of amides is 1. The number of methoxy groups -OCH3 is 1. The summed E-state index contributed by atoms with van der Waals surface area (Å²) in [6, 6.07) is 12.7. The Balaban J connectivity index is 1.70. The van der Waals surface area contributed by atoms with E-state index in [1.165, 1.54) is 31.7 Å². The van der Waals surface area contributed by atoms with E-state index in [1.807, 2.05) is 0 Å². The summed E-state index contributed by atoms with van der Waals surface area (Å²) in [5.74, 6) is 0.174. The zero-order valence-corrected chi connectivity index (χ0v) is 18.1. The molecule has 0 bridgehead atoms. The summed E-state index contributed by atoms with van der Waals surface area (Å²) in [7, 11) is 1.51. The van der Waals surface area contributed by atoms with E-state index in [9.17, 15) is 9.18 Å². The smallest absolute Gasteiger partial charge is 0.274 e. The van der Waals surface area contributed by atoms with Crippen LogP contribution in [0, 0.1) is 5.82 Å². The molecule has 0 aliphatic heterocycles. The van der Waals surface area contributed by atoms with Crippen LogP contribution in [0.15, 0.2) is 64.3 Å². The number of pyridine rings is 1. The van der Waals surface area contributed by atoms with Crippen molar-refractivity contribution in [2.75, 3.05) is 7.11 Å². The molecule has 0 fully saturated rings. The molecule has 30 heavy (non-hydrogen) atoms. The van der Waals surface area contributed by atoms with Gasteiger partial charge in [-0.1, -0.05) is 23.7 Å². The molecule has 3 rings (SSSR count). The van der Waals surface area contributed by atoms with Crippen LogP contribution in [0.1, 0.15) is 21.5 Å². The van der Waals surface area contributed by atoms with Gasteiger partial charge in [-0.15, -0.1) is 0 Å². The minimum absolute atomic E-state index is 0.0947. The van der Waals surface area contributed by atoms with E-state index in [0.29, 0.717) is 21.5 Å². The SMILES string of the molecule is COc1cc(/C=N/NC(=O)c2cccnc2Cl)cc(Br)c1OCc1ccc(F)cc1. The lowest BCUT2D eigenvalue weighted by Gasteiger charge is -2.13. The van der Waals surface area contributed by atoms with Gasteiger partial charge >= 0.3 is 0 Å². The maximum atomic E-state index is 13.0. The Labute approximate surface area is 185 Å². The standard InChI is InChI=1S/C21H16BrClFN3O3/c1-29-18-10-14(11-26-27-21(28)16-3-2-8-25-20(16)23)9-17(22)19(18)30-12-13-4-6-15(24)7-5-13/h2-11H,12H2,1H3,(H,27,28)/b26-11+. The Hall–Kier alpha value is -2.97. The Bertz CT molecular complexity index is 1080. The van der Waals surface area contributed by atoms with Crippen LogP contribution in [0.4, 0.5) is 4.39 Å². The maximum absolute atomic E-state index is 13.0. The first kappa shape index (κ1) is 21.7. The van der Waals surface area contributed by atoms with Gasteiger partial charge in [0.1, 0.15) is 17.6 Å². The Morgan fingerprint density at radius 2 is 2.07 bits per heavy atom. The summed E-state index contributed by atoms with van der Waals surface area (Å²) in [5, 5.41) is 4.04. The van der Waals surface area contributed by atoms with Crippen LogP contribution in [-0.2, 0) is 6.61 Å². The van der Waals surface area contributed by atoms with Gasteiger partial charge in [0.15, 0.2) is 11.5 Å². The molecule has 1 amide bonds. The number of nitrogens with one attached hydrogen (secondary N) is 1. The Morgan fingerprint density at radius 1 is 1.30 bits per heavy atom. The van der Waals surface area contributed by atoms with Crippen molar-refractivity contribution in [2.45, 2.75) is 6.61 Å². The molecule has 0 spiro atoms. The van der Waals surface area contributed by atoms with Gasteiger partial charge in [-0.05, 0) is 63.5 Å². The number of hydrazone groups is 1. The van der Waals surface area contributed by atoms with Crippen molar-refractivity contribution in [3.63, 3.8) is 0 Å². The van der Waals surface area contributed by atoms with Gasteiger partial charge in [0.25, 0.3) is 5.91 Å². The molecule has 0 aliphatic rings. The largest absolute Gasteiger partial charge is 0.493 e. The third-order valence-electron chi connectivity index (χ3n) is 3.93. The molecule has 0 saturated carbocycles. The summed E-state index contributed by atoms with van der Waals surface area (Å²) in [5.41, 5.74) is 4.09. The monoisotopic (exact) mass is 491 g/mol. The van der Waals surface area contributed by atoms with Crippen LogP contribution in [0.3, 0.4) is 0 Å². The number of hydrogen-bond donors (Lipinski definition) is 1. The van der Waals surface area contributed by atoms with Gasteiger partial charge < -0.3 is 9.47 Å². The Kier molecular flexibility index (Phi) is 7.37. The fraction of sp³-hybridized carbons (Fsp3) is 0.0952. The topological polar surface area (TPSA) is 72.8 Å².